The van der Waals surface area contributed by atoms with Crippen molar-refractivity contribution in [2.24, 2.45) is 5.73 Å². The van der Waals surface area contributed by atoms with Crippen LogP contribution in [-0.2, 0) is 6.18 Å². The third kappa shape index (κ3) is 2.65. The average molecular weight is 225 g/mol. The van der Waals surface area contributed by atoms with Crippen LogP contribution in [0.2, 0.25) is 0 Å². The van der Waals surface area contributed by atoms with E-state index >= 15 is 0 Å². The molecule has 1 unspecified atom stereocenters. The molecular formula is C9H8F5N. The summed E-state index contributed by atoms with van der Waals surface area (Å²) >= 11 is 0. The maximum atomic E-state index is 13.0. The number of benzene rings is 1. The van der Waals surface area contributed by atoms with Crippen molar-refractivity contribution < 1.29 is 22.0 Å². The smallest absolute Gasteiger partial charge is 0.327 e. The molecule has 0 radical (unpaired) electrons. The highest BCUT2D eigenvalue weighted by molar-refractivity contribution is 5.28. The molecule has 0 bridgehead atoms. The van der Waals surface area contributed by atoms with Crippen molar-refractivity contribution in [2.75, 3.05) is 6.54 Å². The summed E-state index contributed by atoms with van der Waals surface area (Å²) in [5.41, 5.74) is 3.33. The summed E-state index contributed by atoms with van der Waals surface area (Å²) in [7, 11) is 0. The zero-order valence-electron chi connectivity index (χ0n) is 7.48. The first kappa shape index (κ1) is 11.9. The summed E-state index contributed by atoms with van der Waals surface area (Å²) in [5.74, 6) is -1.23. The molecule has 1 atom stereocenters. The molecule has 0 amide bonds. The molecule has 1 aromatic carbocycles. The standard InChI is InChI=1S/C9H8F5N/c10-7-3-5(9(12,13)14)1-2-6(7)8(11)4-15/h1-3,8H,4,15H2. The minimum absolute atomic E-state index is 0.261. The minimum Gasteiger partial charge on any atom is -0.327 e. The largest absolute Gasteiger partial charge is 0.416 e. The third-order valence-corrected chi connectivity index (χ3v) is 1.87. The summed E-state index contributed by atoms with van der Waals surface area (Å²) in [4.78, 5) is 0. The van der Waals surface area contributed by atoms with Crippen molar-refractivity contribution in [3.63, 3.8) is 0 Å². The first-order valence-corrected chi connectivity index (χ1v) is 4.07. The first-order chi connectivity index (χ1) is 6.86. The molecule has 1 aromatic rings. The highest BCUT2D eigenvalue weighted by atomic mass is 19.4. The molecule has 15 heavy (non-hydrogen) atoms. The van der Waals surface area contributed by atoms with E-state index in [4.69, 9.17) is 5.73 Å². The van der Waals surface area contributed by atoms with Crippen LogP contribution in [0.4, 0.5) is 22.0 Å². The minimum atomic E-state index is -4.63. The fraction of sp³-hybridized carbons (Fsp3) is 0.333. The van der Waals surface area contributed by atoms with E-state index in [2.05, 4.69) is 0 Å². The molecule has 0 heterocycles. The van der Waals surface area contributed by atoms with Gasteiger partial charge < -0.3 is 5.73 Å². The molecule has 84 valence electrons. The molecule has 1 nitrogen and oxygen atoms in total. The number of hydrogen-bond acceptors (Lipinski definition) is 1. The van der Waals surface area contributed by atoms with Crippen molar-refractivity contribution >= 4 is 0 Å². The zero-order valence-corrected chi connectivity index (χ0v) is 7.48. The molecule has 0 aliphatic rings. The fourth-order valence-corrected chi connectivity index (χ4v) is 1.08. The van der Waals surface area contributed by atoms with Gasteiger partial charge in [0.1, 0.15) is 12.0 Å². The van der Waals surface area contributed by atoms with Crippen LogP contribution in [-0.4, -0.2) is 6.54 Å². The molecule has 1 rings (SSSR count). The van der Waals surface area contributed by atoms with Crippen LogP contribution >= 0.6 is 0 Å². The van der Waals surface area contributed by atoms with Gasteiger partial charge in [0.05, 0.1) is 5.56 Å². The Morgan fingerprint density at radius 3 is 2.27 bits per heavy atom. The Hall–Kier alpha value is -1.17. The van der Waals surface area contributed by atoms with Gasteiger partial charge in [-0.05, 0) is 12.1 Å². The number of nitrogens with two attached hydrogens (primary N) is 1. The lowest BCUT2D eigenvalue weighted by molar-refractivity contribution is -0.137. The Kier molecular flexibility index (Phi) is 3.28. The van der Waals surface area contributed by atoms with Crippen LogP contribution in [0, 0.1) is 5.82 Å². The Bertz CT molecular complexity index is 347. The van der Waals surface area contributed by atoms with Gasteiger partial charge in [-0.2, -0.15) is 13.2 Å². The van der Waals surface area contributed by atoms with E-state index in [1.807, 2.05) is 0 Å². The van der Waals surface area contributed by atoms with E-state index in [9.17, 15) is 22.0 Å². The molecule has 0 aliphatic heterocycles. The predicted molar refractivity (Wildman–Crippen MR) is 44.3 cm³/mol. The van der Waals surface area contributed by atoms with Gasteiger partial charge in [0.25, 0.3) is 0 Å². The summed E-state index contributed by atoms with van der Waals surface area (Å²) in [6, 6.07) is 1.65. The molecular weight excluding hydrogens is 217 g/mol. The van der Waals surface area contributed by atoms with E-state index < -0.39 is 35.8 Å². The number of halogens is 5. The summed E-state index contributed by atoms with van der Waals surface area (Å²) < 4.78 is 62.2. The Labute approximate surface area is 82.7 Å². The highest BCUT2D eigenvalue weighted by Crippen LogP contribution is 2.31. The van der Waals surface area contributed by atoms with E-state index in [-0.39, 0.29) is 6.07 Å². The molecule has 0 aliphatic carbocycles. The van der Waals surface area contributed by atoms with Crippen LogP contribution in [0.25, 0.3) is 0 Å². The maximum absolute atomic E-state index is 13.0. The molecule has 0 saturated heterocycles. The van der Waals surface area contributed by atoms with Crippen LogP contribution in [0.1, 0.15) is 17.3 Å². The Morgan fingerprint density at radius 2 is 1.87 bits per heavy atom. The second kappa shape index (κ2) is 4.14. The van der Waals surface area contributed by atoms with Crippen LogP contribution < -0.4 is 5.73 Å². The van der Waals surface area contributed by atoms with Crippen LogP contribution in [0.15, 0.2) is 18.2 Å². The first-order valence-electron chi connectivity index (χ1n) is 4.07. The van der Waals surface area contributed by atoms with Gasteiger partial charge in [-0.1, -0.05) is 6.07 Å². The number of rotatable bonds is 2. The van der Waals surface area contributed by atoms with Crippen molar-refractivity contribution in [3.05, 3.63) is 35.1 Å². The quantitative estimate of drug-likeness (QED) is 0.769. The normalized spacial score (nSPS) is 14.0. The van der Waals surface area contributed by atoms with E-state index in [1.54, 1.807) is 0 Å². The van der Waals surface area contributed by atoms with Gasteiger partial charge in [0, 0.05) is 12.1 Å². The topological polar surface area (TPSA) is 26.0 Å². The SMILES string of the molecule is NCC(F)c1ccc(C(F)(F)F)cc1F. The van der Waals surface area contributed by atoms with Gasteiger partial charge in [0.15, 0.2) is 0 Å². The van der Waals surface area contributed by atoms with E-state index in [0.29, 0.717) is 6.07 Å². The van der Waals surface area contributed by atoms with Gasteiger partial charge in [-0.3, -0.25) is 0 Å². The number of alkyl halides is 4. The lowest BCUT2D eigenvalue weighted by Crippen LogP contribution is -2.11. The van der Waals surface area contributed by atoms with Gasteiger partial charge in [-0.15, -0.1) is 0 Å². The molecule has 0 spiro atoms. The number of hydrogen-bond donors (Lipinski definition) is 1. The van der Waals surface area contributed by atoms with E-state index in [0.717, 1.165) is 6.07 Å². The van der Waals surface area contributed by atoms with Crippen LogP contribution in [0.5, 0.6) is 0 Å². The fourth-order valence-electron chi connectivity index (χ4n) is 1.08. The monoisotopic (exact) mass is 225 g/mol. The molecule has 0 aromatic heterocycles. The second-order valence-corrected chi connectivity index (χ2v) is 2.94. The zero-order chi connectivity index (χ0) is 11.6. The average Bonchev–Trinajstić information content (AvgIpc) is 2.15. The lowest BCUT2D eigenvalue weighted by atomic mass is 10.1. The van der Waals surface area contributed by atoms with Crippen molar-refractivity contribution in [3.8, 4) is 0 Å². The third-order valence-electron chi connectivity index (χ3n) is 1.87. The van der Waals surface area contributed by atoms with Crippen molar-refractivity contribution in [2.45, 2.75) is 12.3 Å². The molecule has 0 fully saturated rings. The molecule has 6 heteroatoms. The second-order valence-electron chi connectivity index (χ2n) is 2.94. The Balaban J connectivity index is 3.09. The van der Waals surface area contributed by atoms with Gasteiger partial charge in [0.2, 0.25) is 0 Å². The van der Waals surface area contributed by atoms with Crippen molar-refractivity contribution in [1.29, 1.82) is 0 Å². The molecule has 0 saturated carbocycles. The van der Waals surface area contributed by atoms with Crippen molar-refractivity contribution in [1.82, 2.24) is 0 Å². The van der Waals surface area contributed by atoms with Gasteiger partial charge in [-0.25, -0.2) is 8.78 Å². The Morgan fingerprint density at radius 1 is 1.27 bits per heavy atom. The highest BCUT2D eigenvalue weighted by Gasteiger charge is 2.31. The molecule has 2 N–H and O–H groups in total. The van der Waals surface area contributed by atoms with E-state index in [1.165, 1.54) is 0 Å². The maximum Gasteiger partial charge on any atom is 0.416 e. The predicted octanol–water partition coefficient (Wildman–Crippen LogP) is 2.81. The summed E-state index contributed by atoms with van der Waals surface area (Å²) in [6.07, 6.45) is -6.42. The summed E-state index contributed by atoms with van der Waals surface area (Å²) in [6.45, 7) is -0.470. The van der Waals surface area contributed by atoms with Gasteiger partial charge >= 0.3 is 6.18 Å². The summed E-state index contributed by atoms with van der Waals surface area (Å²) in [5, 5.41) is 0. The van der Waals surface area contributed by atoms with Crippen LogP contribution in [0.3, 0.4) is 0 Å². The lowest BCUT2D eigenvalue weighted by Gasteiger charge is -2.10.